The van der Waals surface area contributed by atoms with Crippen molar-refractivity contribution in [3.63, 3.8) is 0 Å². The summed E-state index contributed by atoms with van der Waals surface area (Å²) in [6.45, 7) is 3.23. The largest absolute Gasteiger partial charge is 0.373 e. The van der Waals surface area contributed by atoms with Crippen LogP contribution in [-0.4, -0.2) is 22.4 Å². The van der Waals surface area contributed by atoms with Gasteiger partial charge < -0.3 is 4.74 Å². The first-order chi connectivity index (χ1) is 8.31. The van der Waals surface area contributed by atoms with Crippen LogP contribution in [0.3, 0.4) is 0 Å². The first-order valence-electron chi connectivity index (χ1n) is 6.27. The van der Waals surface area contributed by atoms with Crippen LogP contribution in [0.4, 0.5) is 0 Å². The van der Waals surface area contributed by atoms with Crippen molar-refractivity contribution in [2.24, 2.45) is 0 Å². The second-order valence-electron chi connectivity index (χ2n) is 4.33. The van der Waals surface area contributed by atoms with E-state index in [0.717, 1.165) is 38.0 Å². The first-order valence-corrected chi connectivity index (χ1v) is 6.27. The molecule has 17 heavy (non-hydrogen) atoms. The summed E-state index contributed by atoms with van der Waals surface area (Å²) >= 11 is 0. The lowest BCUT2D eigenvalue weighted by Gasteiger charge is -2.06. The summed E-state index contributed by atoms with van der Waals surface area (Å²) in [7, 11) is 0. The molecule has 1 aromatic heterocycles. The van der Waals surface area contributed by atoms with Crippen molar-refractivity contribution in [3.05, 3.63) is 23.3 Å². The number of carbonyl (C=O) groups excluding carboxylic acids is 1. The highest BCUT2D eigenvalue weighted by Gasteiger charge is 2.17. The van der Waals surface area contributed by atoms with Gasteiger partial charge in [-0.25, -0.2) is 9.97 Å². The van der Waals surface area contributed by atoms with Crippen LogP contribution in [0, 0.1) is 0 Å². The highest BCUT2D eigenvalue weighted by atomic mass is 16.5. The maximum atomic E-state index is 11.8. The van der Waals surface area contributed by atoms with Gasteiger partial charge in [-0.15, -0.1) is 0 Å². The molecule has 0 aliphatic heterocycles. The Morgan fingerprint density at radius 2 is 2.18 bits per heavy atom. The molecule has 92 valence electrons. The normalized spacial score (nSPS) is 15.5. The number of ketones is 1. The molecule has 0 saturated heterocycles. The molecule has 0 N–H and O–H groups in total. The molecule has 0 atom stereocenters. The summed E-state index contributed by atoms with van der Waals surface area (Å²) in [5, 5.41) is 0. The predicted octanol–water partition coefficient (Wildman–Crippen LogP) is 2.31. The maximum Gasteiger partial charge on any atom is 0.166 e. The number of aryl methyl sites for hydroxylation is 1. The van der Waals surface area contributed by atoms with E-state index in [1.807, 2.05) is 0 Å². The van der Waals surface area contributed by atoms with Crippen LogP contribution in [0.1, 0.15) is 54.5 Å². The van der Waals surface area contributed by atoms with Gasteiger partial charge in [0.25, 0.3) is 0 Å². The standard InChI is InChI=1S/C13H18N2O2/c1-2-7-17-9-13-14-8-10-11(15-13)5-3-4-6-12(10)16/h8H,2-7,9H2,1H3. The average molecular weight is 234 g/mol. The second kappa shape index (κ2) is 5.87. The number of hydrogen-bond donors (Lipinski definition) is 0. The van der Waals surface area contributed by atoms with E-state index in [9.17, 15) is 4.79 Å². The Morgan fingerprint density at radius 1 is 1.35 bits per heavy atom. The number of hydrogen-bond acceptors (Lipinski definition) is 4. The molecule has 4 nitrogen and oxygen atoms in total. The van der Waals surface area contributed by atoms with Crippen molar-refractivity contribution in [2.75, 3.05) is 6.61 Å². The van der Waals surface area contributed by atoms with Crippen LogP contribution in [0.5, 0.6) is 0 Å². The lowest BCUT2D eigenvalue weighted by molar-refractivity contribution is 0.0980. The van der Waals surface area contributed by atoms with E-state index in [0.29, 0.717) is 24.4 Å². The van der Waals surface area contributed by atoms with Gasteiger partial charge in [0, 0.05) is 19.2 Å². The zero-order chi connectivity index (χ0) is 12.1. The number of ether oxygens (including phenoxy) is 1. The minimum Gasteiger partial charge on any atom is -0.373 e. The quantitative estimate of drug-likeness (QED) is 0.592. The molecular weight excluding hydrogens is 216 g/mol. The molecule has 0 aromatic carbocycles. The van der Waals surface area contributed by atoms with E-state index in [1.165, 1.54) is 0 Å². The van der Waals surface area contributed by atoms with Crippen LogP contribution in [0.15, 0.2) is 6.20 Å². The van der Waals surface area contributed by atoms with Crippen molar-refractivity contribution in [1.82, 2.24) is 9.97 Å². The summed E-state index contributed by atoms with van der Waals surface area (Å²) in [5.41, 5.74) is 1.61. The Morgan fingerprint density at radius 3 is 3.00 bits per heavy atom. The van der Waals surface area contributed by atoms with Crippen LogP contribution < -0.4 is 0 Å². The fourth-order valence-electron chi connectivity index (χ4n) is 1.97. The summed E-state index contributed by atoms with van der Waals surface area (Å²) in [5.74, 6) is 0.866. The number of Topliss-reactive ketones (excluding diaryl/α,β-unsaturated/α-hetero) is 1. The summed E-state index contributed by atoms with van der Waals surface area (Å²) < 4.78 is 5.41. The SMILES string of the molecule is CCCOCc1ncc2c(n1)CCCCC2=O. The van der Waals surface area contributed by atoms with Gasteiger partial charge in [-0.3, -0.25) is 4.79 Å². The van der Waals surface area contributed by atoms with E-state index < -0.39 is 0 Å². The first kappa shape index (κ1) is 12.2. The van der Waals surface area contributed by atoms with E-state index in [2.05, 4.69) is 16.9 Å². The number of rotatable bonds is 4. The number of fused-ring (bicyclic) bond motifs is 1. The van der Waals surface area contributed by atoms with Crippen LogP contribution in [0.25, 0.3) is 0 Å². The van der Waals surface area contributed by atoms with Crippen LogP contribution in [0.2, 0.25) is 0 Å². The van der Waals surface area contributed by atoms with Crippen molar-refractivity contribution < 1.29 is 9.53 Å². The highest BCUT2D eigenvalue weighted by molar-refractivity contribution is 5.97. The molecule has 1 heterocycles. The van der Waals surface area contributed by atoms with Gasteiger partial charge in [0.15, 0.2) is 11.6 Å². The summed E-state index contributed by atoms with van der Waals surface area (Å²) in [6.07, 6.45) is 6.15. The van der Waals surface area contributed by atoms with Gasteiger partial charge in [-0.2, -0.15) is 0 Å². The van der Waals surface area contributed by atoms with Crippen molar-refractivity contribution in [2.45, 2.75) is 45.6 Å². The smallest absolute Gasteiger partial charge is 0.166 e. The average Bonchev–Trinajstić information content (AvgIpc) is 2.52. The minimum atomic E-state index is 0.179. The fraction of sp³-hybridized carbons (Fsp3) is 0.615. The minimum absolute atomic E-state index is 0.179. The van der Waals surface area contributed by atoms with Crippen molar-refractivity contribution in [1.29, 1.82) is 0 Å². The van der Waals surface area contributed by atoms with E-state index in [-0.39, 0.29) is 5.78 Å². The Bertz CT molecular complexity index is 404. The molecule has 0 bridgehead atoms. The molecular formula is C13H18N2O2. The zero-order valence-corrected chi connectivity index (χ0v) is 10.2. The molecule has 0 saturated carbocycles. The Hall–Kier alpha value is -1.29. The van der Waals surface area contributed by atoms with Gasteiger partial charge in [0.1, 0.15) is 6.61 Å². The number of nitrogens with zero attached hydrogens (tertiary/aromatic N) is 2. The number of carbonyl (C=O) groups is 1. The van der Waals surface area contributed by atoms with Crippen LogP contribution in [-0.2, 0) is 17.8 Å². The highest BCUT2D eigenvalue weighted by Crippen LogP contribution is 2.18. The molecule has 0 unspecified atom stereocenters. The summed E-state index contributed by atoms with van der Waals surface area (Å²) in [4.78, 5) is 20.4. The van der Waals surface area contributed by atoms with Gasteiger partial charge in [-0.1, -0.05) is 6.92 Å². The van der Waals surface area contributed by atoms with Gasteiger partial charge in [-0.05, 0) is 25.7 Å². The molecule has 0 radical (unpaired) electrons. The van der Waals surface area contributed by atoms with Crippen LogP contribution >= 0.6 is 0 Å². The third-order valence-electron chi connectivity index (χ3n) is 2.87. The van der Waals surface area contributed by atoms with E-state index in [4.69, 9.17) is 4.74 Å². The zero-order valence-electron chi connectivity index (χ0n) is 10.2. The molecule has 1 aromatic rings. The third-order valence-corrected chi connectivity index (χ3v) is 2.87. The third kappa shape index (κ3) is 3.09. The summed E-state index contributed by atoms with van der Waals surface area (Å²) in [6, 6.07) is 0. The number of aromatic nitrogens is 2. The van der Waals surface area contributed by atoms with Crippen molar-refractivity contribution in [3.8, 4) is 0 Å². The van der Waals surface area contributed by atoms with E-state index >= 15 is 0 Å². The monoisotopic (exact) mass is 234 g/mol. The molecule has 4 heteroatoms. The topological polar surface area (TPSA) is 52.1 Å². The van der Waals surface area contributed by atoms with Gasteiger partial charge in [0.2, 0.25) is 0 Å². The Labute approximate surface area is 101 Å². The van der Waals surface area contributed by atoms with Gasteiger partial charge >= 0.3 is 0 Å². The van der Waals surface area contributed by atoms with Crippen molar-refractivity contribution >= 4 is 5.78 Å². The van der Waals surface area contributed by atoms with Gasteiger partial charge in [0.05, 0.1) is 11.3 Å². The molecule has 0 fully saturated rings. The Balaban J connectivity index is 2.12. The predicted molar refractivity (Wildman–Crippen MR) is 63.9 cm³/mol. The molecule has 1 aliphatic rings. The molecule has 2 rings (SSSR count). The molecule has 0 amide bonds. The second-order valence-corrected chi connectivity index (χ2v) is 4.33. The lowest BCUT2D eigenvalue weighted by Crippen LogP contribution is -2.08. The fourth-order valence-corrected chi connectivity index (χ4v) is 1.97. The van der Waals surface area contributed by atoms with E-state index in [1.54, 1.807) is 6.20 Å². The lowest BCUT2D eigenvalue weighted by atomic mass is 10.1. The molecule has 1 aliphatic carbocycles. The maximum absolute atomic E-state index is 11.8. The Kier molecular flexibility index (Phi) is 4.20. The molecule has 0 spiro atoms.